The molecule has 0 amide bonds. The largest absolute Gasteiger partial charge is 0.351 e. The molecular weight excluding hydrogens is 230 g/mol. The highest BCUT2D eigenvalue weighted by Crippen LogP contribution is 2.04. The molecule has 0 saturated carbocycles. The molecule has 2 heterocycles. The van der Waals surface area contributed by atoms with Gasteiger partial charge in [0.2, 0.25) is 12.2 Å². The van der Waals surface area contributed by atoms with Crippen molar-refractivity contribution in [1.29, 1.82) is 5.26 Å². The Morgan fingerprint density at radius 3 is 3.25 bits per heavy atom. The van der Waals surface area contributed by atoms with E-state index in [1.54, 1.807) is 17.3 Å². The van der Waals surface area contributed by atoms with Crippen molar-refractivity contribution in [1.82, 2.24) is 24.7 Å². The average Bonchev–Trinajstić information content (AvgIpc) is 2.67. The lowest BCUT2D eigenvalue weighted by Crippen LogP contribution is -2.40. The number of aromatic nitrogens is 3. The first-order chi connectivity index (χ1) is 7.79. The molecule has 0 fully saturated rings. The number of guanidine groups is 1. The maximum absolute atomic E-state index is 8.53. The minimum absolute atomic E-state index is 0.455. The fourth-order valence-corrected chi connectivity index (χ4v) is 1.44. The number of hydrogen-bond acceptors (Lipinski definition) is 4. The van der Waals surface area contributed by atoms with Crippen LogP contribution in [0.25, 0.3) is 0 Å². The highest BCUT2D eigenvalue weighted by Gasteiger charge is 2.13. The first kappa shape index (κ1) is 10.4. The Balaban J connectivity index is 2.13. The van der Waals surface area contributed by atoms with Crippen LogP contribution in [-0.4, -0.2) is 31.9 Å². The molecule has 1 aromatic rings. The molecule has 0 aliphatic carbocycles. The van der Waals surface area contributed by atoms with Crippen LogP contribution < -0.4 is 5.32 Å². The van der Waals surface area contributed by atoms with E-state index in [-0.39, 0.29) is 0 Å². The molecule has 0 atom stereocenters. The summed E-state index contributed by atoms with van der Waals surface area (Å²) in [5.74, 6) is 0.495. The van der Waals surface area contributed by atoms with E-state index in [0.29, 0.717) is 24.7 Å². The second-order valence-corrected chi connectivity index (χ2v) is 3.31. The number of nitriles is 1. The van der Waals surface area contributed by atoms with Crippen LogP contribution in [0.4, 0.5) is 0 Å². The number of aliphatic imine (C=N–C) groups is 1. The third-order valence-electron chi connectivity index (χ3n) is 1.94. The highest BCUT2D eigenvalue weighted by atomic mass is 35.5. The van der Waals surface area contributed by atoms with Gasteiger partial charge in [0, 0.05) is 12.7 Å². The number of hydrogen-bond donors (Lipinski definition) is 1. The van der Waals surface area contributed by atoms with Gasteiger partial charge in [-0.05, 0) is 6.08 Å². The summed E-state index contributed by atoms with van der Waals surface area (Å²) in [5.41, 5.74) is 0.689. The lowest BCUT2D eigenvalue weighted by Gasteiger charge is -2.24. The molecule has 0 unspecified atom stereocenters. The highest BCUT2D eigenvalue weighted by molar-refractivity contribution is 6.13. The van der Waals surface area contributed by atoms with Crippen molar-refractivity contribution in [3.8, 4) is 6.19 Å². The Kier molecular flexibility index (Phi) is 3.03. The zero-order valence-corrected chi connectivity index (χ0v) is 8.96. The molecule has 8 heteroatoms. The van der Waals surface area contributed by atoms with Crippen molar-refractivity contribution in [2.75, 3.05) is 6.54 Å². The van der Waals surface area contributed by atoms with Crippen molar-refractivity contribution in [3.63, 3.8) is 0 Å². The SMILES string of the molecule is N#CN=C1NCC=CN1Cc1cnn(Cl)n1. The lowest BCUT2D eigenvalue weighted by molar-refractivity contribution is 0.506. The molecule has 0 aromatic carbocycles. The molecule has 0 radical (unpaired) electrons. The smallest absolute Gasteiger partial charge is 0.214 e. The van der Waals surface area contributed by atoms with Gasteiger partial charge in [0.15, 0.2) is 0 Å². The maximum Gasteiger partial charge on any atom is 0.214 e. The molecular formula is C8H8ClN7. The van der Waals surface area contributed by atoms with Crippen molar-refractivity contribution in [3.05, 3.63) is 24.2 Å². The molecule has 2 rings (SSSR count). The fourth-order valence-electron chi connectivity index (χ4n) is 1.30. The number of nitrogens with one attached hydrogen (secondary N) is 1. The number of rotatable bonds is 2. The summed E-state index contributed by atoms with van der Waals surface area (Å²) in [7, 11) is 0. The van der Waals surface area contributed by atoms with Crippen LogP contribution in [0.15, 0.2) is 23.5 Å². The van der Waals surface area contributed by atoms with E-state index in [1.165, 1.54) is 0 Å². The van der Waals surface area contributed by atoms with E-state index in [4.69, 9.17) is 17.0 Å². The first-order valence-electron chi connectivity index (χ1n) is 4.51. The quantitative estimate of drug-likeness (QED) is 0.735. The molecule has 0 spiro atoms. The van der Waals surface area contributed by atoms with Gasteiger partial charge in [0.1, 0.15) is 5.69 Å². The predicted octanol–water partition coefficient (Wildman–Crippen LogP) is 0.0360. The molecule has 82 valence electrons. The van der Waals surface area contributed by atoms with Crippen molar-refractivity contribution < 1.29 is 0 Å². The molecule has 0 bridgehead atoms. The Labute approximate surface area is 96.7 Å². The predicted molar refractivity (Wildman–Crippen MR) is 57.0 cm³/mol. The normalized spacial score (nSPS) is 17.2. The Morgan fingerprint density at radius 1 is 1.69 bits per heavy atom. The standard InChI is InChI=1S/C8H8ClN7/c9-16-13-4-7(14-16)5-15-3-1-2-11-8(15)12-6-10/h1,3-4H,2,5H2,(H,11,12). The number of nitrogens with zero attached hydrogens (tertiary/aromatic N) is 6. The molecule has 1 aliphatic heterocycles. The van der Waals surface area contributed by atoms with E-state index >= 15 is 0 Å². The lowest BCUT2D eigenvalue weighted by atomic mass is 10.4. The summed E-state index contributed by atoms with van der Waals surface area (Å²) in [4.78, 5) is 5.42. The van der Waals surface area contributed by atoms with Gasteiger partial charge in [0.25, 0.3) is 0 Å². The van der Waals surface area contributed by atoms with Crippen LogP contribution in [-0.2, 0) is 6.54 Å². The molecule has 1 aliphatic rings. The molecule has 1 aromatic heterocycles. The van der Waals surface area contributed by atoms with Crippen LogP contribution >= 0.6 is 11.8 Å². The summed E-state index contributed by atoms with van der Waals surface area (Å²) in [6.07, 6.45) is 7.05. The van der Waals surface area contributed by atoms with Crippen molar-refractivity contribution in [2.45, 2.75) is 6.54 Å². The second-order valence-electron chi connectivity index (χ2n) is 3.01. The van der Waals surface area contributed by atoms with E-state index in [9.17, 15) is 0 Å². The third-order valence-corrected chi connectivity index (χ3v) is 2.10. The minimum Gasteiger partial charge on any atom is -0.351 e. The fraction of sp³-hybridized carbons (Fsp3) is 0.250. The van der Waals surface area contributed by atoms with Gasteiger partial charge >= 0.3 is 0 Å². The topological polar surface area (TPSA) is 82.1 Å². The van der Waals surface area contributed by atoms with E-state index < -0.39 is 0 Å². The number of halogens is 1. The summed E-state index contributed by atoms with van der Waals surface area (Å²) in [6, 6.07) is 0. The van der Waals surface area contributed by atoms with Crippen LogP contribution in [0.3, 0.4) is 0 Å². The van der Waals surface area contributed by atoms with Crippen molar-refractivity contribution in [2.24, 2.45) is 4.99 Å². The van der Waals surface area contributed by atoms with Gasteiger partial charge in [0.05, 0.1) is 24.5 Å². The Hall–Kier alpha value is -2.07. The molecule has 0 saturated heterocycles. The van der Waals surface area contributed by atoms with Gasteiger partial charge in [-0.15, -0.1) is 15.2 Å². The van der Waals surface area contributed by atoms with Crippen LogP contribution in [0.1, 0.15) is 5.69 Å². The monoisotopic (exact) mass is 237 g/mol. The van der Waals surface area contributed by atoms with Crippen LogP contribution in [0, 0.1) is 11.5 Å². The zero-order chi connectivity index (χ0) is 11.4. The van der Waals surface area contributed by atoms with E-state index in [1.807, 2.05) is 12.3 Å². The molecule has 7 nitrogen and oxygen atoms in total. The summed E-state index contributed by atoms with van der Waals surface area (Å²) in [6.45, 7) is 1.11. The first-order valence-corrected chi connectivity index (χ1v) is 4.85. The summed E-state index contributed by atoms with van der Waals surface area (Å²) < 4.78 is 0.970. The van der Waals surface area contributed by atoms with Gasteiger partial charge in [-0.2, -0.15) is 5.26 Å². The molecule has 16 heavy (non-hydrogen) atoms. The average molecular weight is 238 g/mol. The van der Waals surface area contributed by atoms with E-state index in [2.05, 4.69) is 20.5 Å². The molecule has 1 N–H and O–H groups in total. The second kappa shape index (κ2) is 4.63. The Bertz CT molecular complexity index is 469. The Morgan fingerprint density at radius 2 is 2.56 bits per heavy atom. The van der Waals surface area contributed by atoms with Crippen molar-refractivity contribution >= 4 is 17.7 Å². The van der Waals surface area contributed by atoms with Crippen LogP contribution in [0.5, 0.6) is 0 Å². The van der Waals surface area contributed by atoms with Gasteiger partial charge < -0.3 is 10.2 Å². The van der Waals surface area contributed by atoms with Crippen LogP contribution in [0.2, 0.25) is 0 Å². The van der Waals surface area contributed by atoms with E-state index in [0.717, 1.165) is 4.32 Å². The van der Waals surface area contributed by atoms with Gasteiger partial charge in [-0.3, -0.25) is 0 Å². The maximum atomic E-state index is 8.53. The van der Waals surface area contributed by atoms with Gasteiger partial charge in [-0.1, -0.05) is 4.32 Å². The summed E-state index contributed by atoms with van der Waals surface area (Å²) >= 11 is 5.54. The third kappa shape index (κ3) is 2.29. The van der Waals surface area contributed by atoms with Gasteiger partial charge in [-0.25, -0.2) is 0 Å². The summed E-state index contributed by atoms with van der Waals surface area (Å²) in [5, 5.41) is 19.2. The zero-order valence-electron chi connectivity index (χ0n) is 8.21. The minimum atomic E-state index is 0.455.